The minimum Gasteiger partial charge on any atom is -0.494 e. The first kappa shape index (κ1) is 34.7. The van der Waals surface area contributed by atoms with Gasteiger partial charge in [0.1, 0.15) is 5.75 Å². The molecule has 6 aromatic rings. The smallest absolute Gasteiger partial charge is 0.216 e. The zero-order valence-electron chi connectivity index (χ0n) is 31.1. The molecule has 7 rings (SSSR count). The third-order valence-electron chi connectivity index (χ3n) is 10.2. The van der Waals surface area contributed by atoms with E-state index in [0.717, 1.165) is 50.5 Å². The van der Waals surface area contributed by atoms with Gasteiger partial charge in [-0.2, -0.15) is 0 Å². The van der Waals surface area contributed by atoms with E-state index in [0.29, 0.717) is 11.6 Å². The molecule has 0 aliphatic carbocycles. The number of rotatable bonds is 6. The molecule has 0 amide bonds. The number of halogens is 1. The van der Waals surface area contributed by atoms with Crippen LogP contribution in [-0.2, 0) is 10.8 Å². The van der Waals surface area contributed by atoms with Gasteiger partial charge in [0, 0.05) is 27.5 Å². The van der Waals surface area contributed by atoms with Gasteiger partial charge in [0.25, 0.3) is 0 Å². The van der Waals surface area contributed by atoms with E-state index >= 15 is 0 Å². The van der Waals surface area contributed by atoms with E-state index in [-0.39, 0.29) is 17.5 Å². The van der Waals surface area contributed by atoms with Crippen LogP contribution in [0, 0.1) is 0 Å². The maximum Gasteiger partial charge on any atom is 0.216 e. The van der Waals surface area contributed by atoms with Crippen LogP contribution in [0.2, 0.25) is 11.8 Å². The molecule has 0 saturated carbocycles. The van der Waals surface area contributed by atoms with Gasteiger partial charge in [-0.25, -0.2) is 0 Å². The molecule has 0 unspecified atom stereocenters. The summed E-state index contributed by atoms with van der Waals surface area (Å²) < 4.78 is 6.36. The van der Waals surface area contributed by atoms with Crippen LogP contribution < -0.4 is 20.6 Å². The third kappa shape index (κ3) is 6.61. The Hall–Kier alpha value is -4.73. The molecule has 2 nitrogen and oxygen atoms in total. The Morgan fingerprint density at radius 2 is 1.16 bits per heavy atom. The van der Waals surface area contributed by atoms with E-state index in [1.165, 1.54) is 27.7 Å². The monoisotopic (exact) mass is 687 g/mol. The van der Waals surface area contributed by atoms with Crippen LogP contribution in [-0.4, -0.2) is 13.3 Å². The maximum atomic E-state index is 7.00. The van der Waals surface area contributed by atoms with Crippen molar-refractivity contribution in [1.29, 1.82) is 0 Å². The molecule has 4 heteroatoms. The van der Waals surface area contributed by atoms with Gasteiger partial charge < -0.3 is 9.64 Å². The highest BCUT2D eigenvalue weighted by atomic mass is 35.5. The number of para-hydroxylation sites is 1. The Morgan fingerprint density at radius 1 is 0.588 bits per heavy atom. The molecule has 0 fully saturated rings. The number of benzene rings is 6. The Labute approximate surface area is 310 Å². The summed E-state index contributed by atoms with van der Waals surface area (Å²) in [4.78, 5) is 2.46. The van der Waals surface area contributed by atoms with Crippen molar-refractivity contribution < 1.29 is 4.74 Å². The second-order valence-corrected chi connectivity index (χ2v) is 16.3. The Balaban J connectivity index is 1.58. The zero-order chi connectivity index (χ0) is 36.1. The minimum absolute atomic E-state index is 0.00927. The summed E-state index contributed by atoms with van der Waals surface area (Å²) in [5, 5.41) is 0.653. The van der Waals surface area contributed by atoms with Crippen molar-refractivity contribution in [3.05, 3.63) is 144 Å². The predicted octanol–water partition coefficient (Wildman–Crippen LogP) is 12.4. The van der Waals surface area contributed by atoms with Gasteiger partial charge in [0.2, 0.25) is 6.71 Å². The van der Waals surface area contributed by atoms with Gasteiger partial charge in [-0.1, -0.05) is 175 Å². The molecule has 0 saturated heterocycles. The molecule has 51 heavy (non-hydrogen) atoms. The second-order valence-electron chi connectivity index (χ2n) is 15.8. The van der Waals surface area contributed by atoms with E-state index < -0.39 is 0 Å². The molecular weight excluding hydrogens is 641 g/mol. The normalized spacial score (nSPS) is 12.8. The standard InChI is InChI=1S/C47H47BClNO/c1-9-51-43-30-37(49)29-42-44(43)48(8)40-24-23-33(34-25-35(46(2,3)4)28-36(26-34)47(5,6)7)27-41(40)50(42)45-38(31-17-12-10-13-18-31)21-16-22-39(45)32-19-14-11-15-20-32/h10-30H,9H2,1-8H3. The fraction of sp³-hybridized carbons (Fsp3) is 0.234. The van der Waals surface area contributed by atoms with E-state index in [2.05, 4.69) is 175 Å². The molecule has 1 aliphatic rings. The van der Waals surface area contributed by atoms with Crippen molar-refractivity contribution in [2.24, 2.45) is 0 Å². The fourth-order valence-corrected chi connectivity index (χ4v) is 7.63. The number of anilines is 3. The van der Waals surface area contributed by atoms with Gasteiger partial charge in [-0.3, -0.25) is 0 Å². The Morgan fingerprint density at radius 3 is 1.69 bits per heavy atom. The summed E-state index contributed by atoms with van der Waals surface area (Å²) in [5.74, 6) is 0.832. The highest BCUT2D eigenvalue weighted by molar-refractivity contribution is 6.88. The molecule has 1 heterocycles. The van der Waals surface area contributed by atoms with Gasteiger partial charge in [0.05, 0.1) is 12.3 Å². The first-order chi connectivity index (χ1) is 24.3. The lowest BCUT2D eigenvalue weighted by Gasteiger charge is -2.39. The lowest BCUT2D eigenvalue weighted by Crippen LogP contribution is -2.48. The number of fused-ring (bicyclic) bond motifs is 2. The molecule has 0 radical (unpaired) electrons. The molecule has 6 aromatic carbocycles. The van der Waals surface area contributed by atoms with Crippen LogP contribution in [0.4, 0.5) is 17.1 Å². The van der Waals surface area contributed by atoms with Crippen molar-refractivity contribution in [2.45, 2.75) is 66.1 Å². The summed E-state index contributed by atoms with van der Waals surface area (Å²) in [6.45, 7) is 18.8. The summed E-state index contributed by atoms with van der Waals surface area (Å²) in [5.41, 5.74) is 15.4. The number of hydrogen-bond acceptors (Lipinski definition) is 2. The number of ether oxygens (including phenoxy) is 1. The molecule has 0 N–H and O–H groups in total. The molecule has 1 aliphatic heterocycles. The largest absolute Gasteiger partial charge is 0.494 e. The third-order valence-corrected chi connectivity index (χ3v) is 10.4. The lowest BCUT2D eigenvalue weighted by atomic mass is 9.40. The quantitative estimate of drug-likeness (QED) is 0.162. The molecule has 0 spiro atoms. The second kappa shape index (κ2) is 13.4. The first-order valence-electron chi connectivity index (χ1n) is 18.2. The SMILES string of the molecule is CCOc1cc(Cl)cc2c1B(C)c1ccc(-c3cc(C(C)(C)C)cc(C(C)(C)C)c3)cc1N2c1c(-c2ccccc2)cccc1-c1ccccc1. The minimum atomic E-state index is 0.00927. The number of nitrogens with zero attached hydrogens (tertiary/aromatic N) is 1. The van der Waals surface area contributed by atoms with Gasteiger partial charge in [-0.05, 0) is 74.8 Å². The number of hydrogen-bond donors (Lipinski definition) is 0. The van der Waals surface area contributed by atoms with E-state index in [1.54, 1.807) is 0 Å². The highest BCUT2D eigenvalue weighted by Crippen LogP contribution is 2.49. The topological polar surface area (TPSA) is 12.5 Å². The highest BCUT2D eigenvalue weighted by Gasteiger charge is 2.36. The zero-order valence-corrected chi connectivity index (χ0v) is 31.9. The van der Waals surface area contributed by atoms with Gasteiger partial charge in [0.15, 0.2) is 0 Å². The summed E-state index contributed by atoms with van der Waals surface area (Å²) in [6, 6.07) is 46.4. The maximum absolute atomic E-state index is 7.00. The van der Waals surface area contributed by atoms with Crippen LogP contribution in [0.5, 0.6) is 5.75 Å². The predicted molar refractivity (Wildman–Crippen MR) is 222 cm³/mol. The van der Waals surface area contributed by atoms with E-state index in [4.69, 9.17) is 16.3 Å². The van der Waals surface area contributed by atoms with Crippen LogP contribution in [0.1, 0.15) is 59.6 Å². The molecule has 0 aromatic heterocycles. The molecule has 0 bridgehead atoms. The molecule has 256 valence electrons. The van der Waals surface area contributed by atoms with Gasteiger partial charge in [-0.15, -0.1) is 0 Å². The average molecular weight is 688 g/mol. The first-order valence-corrected chi connectivity index (χ1v) is 18.5. The van der Waals surface area contributed by atoms with Crippen LogP contribution >= 0.6 is 11.6 Å². The molecular formula is C47H47BClNO. The van der Waals surface area contributed by atoms with Crippen LogP contribution in [0.25, 0.3) is 33.4 Å². The van der Waals surface area contributed by atoms with Crippen molar-refractivity contribution >= 4 is 46.3 Å². The van der Waals surface area contributed by atoms with Crippen LogP contribution in [0.15, 0.2) is 127 Å². The van der Waals surface area contributed by atoms with Crippen molar-refractivity contribution in [3.63, 3.8) is 0 Å². The van der Waals surface area contributed by atoms with Crippen molar-refractivity contribution in [3.8, 4) is 39.1 Å². The fourth-order valence-electron chi connectivity index (χ4n) is 7.43. The van der Waals surface area contributed by atoms with Crippen LogP contribution in [0.3, 0.4) is 0 Å². The summed E-state index contributed by atoms with van der Waals surface area (Å²) in [6.07, 6.45) is 0. The molecule has 0 atom stereocenters. The van der Waals surface area contributed by atoms with Crippen molar-refractivity contribution in [1.82, 2.24) is 0 Å². The summed E-state index contributed by atoms with van der Waals surface area (Å²) in [7, 11) is 0. The van der Waals surface area contributed by atoms with Crippen molar-refractivity contribution in [2.75, 3.05) is 11.5 Å². The van der Waals surface area contributed by atoms with Gasteiger partial charge >= 0.3 is 0 Å². The Kier molecular flexibility index (Phi) is 9.14. The summed E-state index contributed by atoms with van der Waals surface area (Å²) >= 11 is 7.00. The Bertz CT molecular complexity index is 2120. The van der Waals surface area contributed by atoms with E-state index in [1.807, 2.05) is 13.0 Å². The average Bonchev–Trinajstić information content (AvgIpc) is 3.11. The lowest BCUT2D eigenvalue weighted by molar-refractivity contribution is 0.343. The van der Waals surface area contributed by atoms with E-state index in [9.17, 15) is 0 Å².